The van der Waals surface area contributed by atoms with Gasteiger partial charge in [0.1, 0.15) is 12.4 Å². The van der Waals surface area contributed by atoms with Crippen LogP contribution >= 0.6 is 24.8 Å². The van der Waals surface area contributed by atoms with Gasteiger partial charge in [0.2, 0.25) is 0 Å². The quantitative estimate of drug-likeness (QED) is 0.706. The standard InChI is InChI=1S/C14H23N3O2.2ClH/c1-17(2)10-11-19-13-7-4-3-6-12(13)14(18)16-9-5-8-15;;/h3-4,6-7H,5,8-11,15H2,1-2H3,(H,16,18);2*1H. The van der Waals surface area contributed by atoms with E-state index in [-0.39, 0.29) is 30.7 Å². The molecule has 0 saturated heterocycles. The Bertz CT molecular complexity index is 404. The molecule has 0 atom stereocenters. The fourth-order valence-electron chi connectivity index (χ4n) is 1.52. The number of nitrogens with two attached hydrogens (primary N) is 1. The molecule has 122 valence electrons. The first-order valence-electron chi connectivity index (χ1n) is 6.50. The van der Waals surface area contributed by atoms with Crippen molar-refractivity contribution in [2.24, 2.45) is 5.73 Å². The van der Waals surface area contributed by atoms with Gasteiger partial charge in [0.25, 0.3) is 5.91 Å². The SMILES string of the molecule is CN(C)CCOc1ccccc1C(=O)NCCCN.Cl.Cl. The lowest BCUT2D eigenvalue weighted by atomic mass is 10.2. The summed E-state index contributed by atoms with van der Waals surface area (Å²) in [6.07, 6.45) is 0.773. The molecule has 21 heavy (non-hydrogen) atoms. The number of para-hydroxylation sites is 1. The summed E-state index contributed by atoms with van der Waals surface area (Å²) in [5.41, 5.74) is 5.96. The molecule has 0 aliphatic rings. The maximum absolute atomic E-state index is 12.0. The zero-order chi connectivity index (χ0) is 14.1. The highest BCUT2D eigenvalue weighted by molar-refractivity contribution is 5.96. The monoisotopic (exact) mass is 337 g/mol. The first-order valence-corrected chi connectivity index (χ1v) is 6.50. The van der Waals surface area contributed by atoms with Gasteiger partial charge >= 0.3 is 0 Å². The van der Waals surface area contributed by atoms with E-state index in [4.69, 9.17) is 10.5 Å². The lowest BCUT2D eigenvalue weighted by molar-refractivity contribution is 0.0949. The summed E-state index contributed by atoms with van der Waals surface area (Å²) in [7, 11) is 3.96. The minimum atomic E-state index is -0.117. The third-order valence-electron chi connectivity index (χ3n) is 2.59. The maximum Gasteiger partial charge on any atom is 0.255 e. The molecule has 7 heteroatoms. The van der Waals surface area contributed by atoms with Gasteiger partial charge in [-0.15, -0.1) is 24.8 Å². The normalized spacial score (nSPS) is 9.52. The Labute approximate surface area is 139 Å². The molecular weight excluding hydrogens is 313 g/mol. The molecule has 1 aromatic carbocycles. The van der Waals surface area contributed by atoms with Crippen LogP contribution in [0.1, 0.15) is 16.8 Å². The average Bonchev–Trinajstić information content (AvgIpc) is 2.39. The number of ether oxygens (including phenoxy) is 1. The smallest absolute Gasteiger partial charge is 0.255 e. The zero-order valence-corrected chi connectivity index (χ0v) is 14.1. The van der Waals surface area contributed by atoms with E-state index >= 15 is 0 Å². The second kappa shape index (κ2) is 12.7. The van der Waals surface area contributed by atoms with Crippen molar-refractivity contribution in [1.29, 1.82) is 0 Å². The Balaban J connectivity index is 0. The topological polar surface area (TPSA) is 67.6 Å². The lowest BCUT2D eigenvalue weighted by Gasteiger charge is -2.13. The fourth-order valence-corrected chi connectivity index (χ4v) is 1.52. The molecule has 0 saturated carbocycles. The fraction of sp³-hybridized carbons (Fsp3) is 0.500. The minimum absolute atomic E-state index is 0. The van der Waals surface area contributed by atoms with Crippen LogP contribution in [0.3, 0.4) is 0 Å². The Morgan fingerprint density at radius 2 is 1.95 bits per heavy atom. The van der Waals surface area contributed by atoms with Crippen LogP contribution in [0.2, 0.25) is 0 Å². The molecule has 0 spiro atoms. The summed E-state index contributed by atoms with van der Waals surface area (Å²) in [6, 6.07) is 7.27. The van der Waals surface area contributed by atoms with Gasteiger partial charge in [0.15, 0.2) is 0 Å². The summed E-state index contributed by atoms with van der Waals surface area (Å²) >= 11 is 0. The van der Waals surface area contributed by atoms with Crippen molar-refractivity contribution >= 4 is 30.7 Å². The van der Waals surface area contributed by atoms with E-state index < -0.39 is 0 Å². The van der Waals surface area contributed by atoms with Crippen LogP contribution in [0.4, 0.5) is 0 Å². The lowest BCUT2D eigenvalue weighted by Crippen LogP contribution is -2.27. The molecule has 0 aromatic heterocycles. The van der Waals surface area contributed by atoms with Crippen molar-refractivity contribution in [3.63, 3.8) is 0 Å². The Morgan fingerprint density at radius 3 is 2.57 bits per heavy atom. The van der Waals surface area contributed by atoms with Gasteiger partial charge in [-0.1, -0.05) is 12.1 Å². The van der Waals surface area contributed by atoms with Crippen LogP contribution < -0.4 is 15.8 Å². The molecule has 0 radical (unpaired) electrons. The predicted molar refractivity (Wildman–Crippen MR) is 91.0 cm³/mol. The zero-order valence-electron chi connectivity index (χ0n) is 12.5. The number of nitrogens with zero attached hydrogens (tertiary/aromatic N) is 1. The molecule has 5 nitrogen and oxygen atoms in total. The van der Waals surface area contributed by atoms with Gasteiger partial charge in [0, 0.05) is 13.1 Å². The van der Waals surface area contributed by atoms with Gasteiger partial charge in [-0.25, -0.2) is 0 Å². The first-order chi connectivity index (χ1) is 9.15. The van der Waals surface area contributed by atoms with Gasteiger partial charge in [-0.2, -0.15) is 0 Å². The number of nitrogens with one attached hydrogen (secondary N) is 1. The third-order valence-corrected chi connectivity index (χ3v) is 2.59. The number of benzene rings is 1. The summed E-state index contributed by atoms with van der Waals surface area (Å²) in [4.78, 5) is 14.0. The van der Waals surface area contributed by atoms with Crippen LogP contribution in [0.25, 0.3) is 0 Å². The molecule has 1 aromatic rings. The van der Waals surface area contributed by atoms with E-state index in [0.717, 1.165) is 13.0 Å². The minimum Gasteiger partial charge on any atom is -0.491 e. The molecule has 1 rings (SSSR count). The van der Waals surface area contributed by atoms with Crippen LogP contribution in [0.15, 0.2) is 24.3 Å². The van der Waals surface area contributed by atoms with E-state index in [1.165, 1.54) is 0 Å². The van der Waals surface area contributed by atoms with Gasteiger partial charge in [-0.3, -0.25) is 4.79 Å². The molecular formula is C14H25Cl2N3O2. The van der Waals surface area contributed by atoms with Crippen LogP contribution in [0, 0.1) is 0 Å². The van der Waals surface area contributed by atoms with Crippen LogP contribution in [-0.2, 0) is 0 Å². The van der Waals surface area contributed by atoms with Crippen molar-refractivity contribution in [3.8, 4) is 5.75 Å². The second-order valence-corrected chi connectivity index (χ2v) is 4.55. The van der Waals surface area contributed by atoms with Gasteiger partial charge < -0.3 is 20.7 Å². The number of hydrogen-bond donors (Lipinski definition) is 2. The number of carbonyl (C=O) groups is 1. The van der Waals surface area contributed by atoms with Crippen molar-refractivity contribution < 1.29 is 9.53 Å². The van der Waals surface area contributed by atoms with Crippen molar-refractivity contribution in [3.05, 3.63) is 29.8 Å². The molecule has 0 heterocycles. The first kappa shape index (κ1) is 22.3. The Kier molecular flexibility index (Phi) is 13.5. The Hall–Kier alpha value is -1.01. The average molecular weight is 338 g/mol. The number of likely N-dealkylation sites (N-methyl/N-ethyl adjacent to an activating group) is 1. The molecule has 0 bridgehead atoms. The molecule has 3 N–H and O–H groups in total. The number of carbonyl (C=O) groups excluding carboxylic acids is 1. The van der Waals surface area contributed by atoms with Gasteiger partial charge in [-0.05, 0) is 39.2 Å². The second-order valence-electron chi connectivity index (χ2n) is 4.55. The highest BCUT2D eigenvalue weighted by atomic mass is 35.5. The highest BCUT2D eigenvalue weighted by Crippen LogP contribution is 2.17. The van der Waals surface area contributed by atoms with Crippen molar-refractivity contribution in [2.45, 2.75) is 6.42 Å². The Morgan fingerprint density at radius 1 is 1.29 bits per heavy atom. The van der Waals surface area contributed by atoms with Crippen LogP contribution in [-0.4, -0.2) is 51.1 Å². The van der Waals surface area contributed by atoms with E-state index in [0.29, 0.717) is 31.0 Å². The molecule has 0 aliphatic carbocycles. The van der Waals surface area contributed by atoms with E-state index in [2.05, 4.69) is 5.32 Å². The largest absolute Gasteiger partial charge is 0.491 e. The van der Waals surface area contributed by atoms with E-state index in [9.17, 15) is 4.79 Å². The summed E-state index contributed by atoms with van der Waals surface area (Å²) in [5, 5.41) is 2.83. The van der Waals surface area contributed by atoms with Gasteiger partial charge in [0.05, 0.1) is 5.56 Å². The molecule has 1 amide bonds. The number of amides is 1. The molecule has 0 unspecified atom stereocenters. The van der Waals surface area contributed by atoms with E-state index in [1.54, 1.807) is 6.07 Å². The van der Waals surface area contributed by atoms with Crippen LogP contribution in [0.5, 0.6) is 5.75 Å². The highest BCUT2D eigenvalue weighted by Gasteiger charge is 2.11. The maximum atomic E-state index is 12.0. The van der Waals surface area contributed by atoms with E-state index in [1.807, 2.05) is 37.2 Å². The number of halogens is 2. The molecule has 0 aliphatic heterocycles. The summed E-state index contributed by atoms with van der Waals surface area (Å²) in [6.45, 7) is 2.52. The predicted octanol–water partition coefficient (Wildman–Crippen LogP) is 1.55. The third kappa shape index (κ3) is 8.78. The van der Waals surface area contributed by atoms with Crippen molar-refractivity contribution in [2.75, 3.05) is 40.3 Å². The number of rotatable bonds is 8. The van der Waals surface area contributed by atoms with Crippen molar-refractivity contribution in [1.82, 2.24) is 10.2 Å². The number of hydrogen-bond acceptors (Lipinski definition) is 4. The summed E-state index contributed by atoms with van der Waals surface area (Å²) in [5.74, 6) is 0.503. The molecule has 0 fully saturated rings. The summed E-state index contributed by atoms with van der Waals surface area (Å²) < 4.78 is 5.65.